The molecule has 0 aromatic carbocycles. The molecule has 2 rings (SSSR count). The summed E-state index contributed by atoms with van der Waals surface area (Å²) in [5, 5.41) is 14.5. The molecule has 8 heteroatoms. The van der Waals surface area contributed by atoms with E-state index in [2.05, 4.69) is 15.2 Å². The van der Waals surface area contributed by atoms with Gasteiger partial charge in [0.2, 0.25) is 0 Å². The van der Waals surface area contributed by atoms with Crippen molar-refractivity contribution in [3.8, 4) is 5.82 Å². The van der Waals surface area contributed by atoms with Gasteiger partial charge in [-0.25, -0.2) is 9.67 Å². The van der Waals surface area contributed by atoms with Crippen LogP contribution in [0.1, 0.15) is 11.3 Å². The summed E-state index contributed by atoms with van der Waals surface area (Å²) in [6.07, 6.45) is -0.801. The number of halogens is 3. The Bertz CT molecular complexity index is 559. The van der Waals surface area contributed by atoms with Crippen molar-refractivity contribution < 1.29 is 18.4 Å². The molecular weight excluding hydrogens is 249 g/mol. The van der Waals surface area contributed by atoms with Crippen LogP contribution in [-0.2, 0) is 6.18 Å². The van der Waals surface area contributed by atoms with Gasteiger partial charge in [0.25, 0.3) is 0 Å². The fourth-order valence-electron chi connectivity index (χ4n) is 1.28. The quantitative estimate of drug-likeness (QED) is 0.508. The van der Waals surface area contributed by atoms with Gasteiger partial charge in [-0.2, -0.15) is 18.3 Å². The van der Waals surface area contributed by atoms with Crippen molar-refractivity contribution in [3.05, 3.63) is 41.9 Å². The number of oxime groups is 1. The summed E-state index contributed by atoms with van der Waals surface area (Å²) in [4.78, 5) is 3.89. The molecule has 0 aliphatic carbocycles. The molecule has 0 amide bonds. The van der Waals surface area contributed by atoms with Crippen molar-refractivity contribution in [2.75, 3.05) is 0 Å². The van der Waals surface area contributed by atoms with Gasteiger partial charge in [-0.1, -0.05) is 5.16 Å². The lowest BCUT2D eigenvalue weighted by Crippen LogP contribution is -2.07. The predicted molar refractivity (Wildman–Crippen MR) is 55.7 cm³/mol. The highest BCUT2D eigenvalue weighted by Gasteiger charge is 2.33. The SMILES string of the molecule is ON=Cc1ccc(-n2ccc(C(F)(F)F)n2)nc1. The van der Waals surface area contributed by atoms with Crippen LogP contribution < -0.4 is 0 Å². The van der Waals surface area contributed by atoms with Crippen LogP contribution in [0.5, 0.6) is 0 Å². The van der Waals surface area contributed by atoms with Gasteiger partial charge in [0.1, 0.15) is 0 Å². The van der Waals surface area contributed by atoms with E-state index in [1.165, 1.54) is 24.5 Å². The summed E-state index contributed by atoms with van der Waals surface area (Å²) in [7, 11) is 0. The molecule has 2 aromatic rings. The highest BCUT2D eigenvalue weighted by molar-refractivity contribution is 5.78. The molecule has 0 atom stereocenters. The molecule has 18 heavy (non-hydrogen) atoms. The summed E-state index contributed by atoms with van der Waals surface area (Å²) in [6.45, 7) is 0. The van der Waals surface area contributed by atoms with E-state index < -0.39 is 11.9 Å². The lowest BCUT2D eigenvalue weighted by atomic mass is 10.3. The largest absolute Gasteiger partial charge is 0.435 e. The first-order valence-electron chi connectivity index (χ1n) is 4.77. The Balaban J connectivity index is 2.29. The minimum atomic E-state index is -4.48. The van der Waals surface area contributed by atoms with E-state index in [0.29, 0.717) is 5.56 Å². The number of hydrogen-bond donors (Lipinski definition) is 1. The fourth-order valence-corrected chi connectivity index (χ4v) is 1.28. The summed E-state index contributed by atoms with van der Waals surface area (Å²) in [6, 6.07) is 3.87. The van der Waals surface area contributed by atoms with Crippen molar-refractivity contribution >= 4 is 6.21 Å². The average Bonchev–Trinajstić information content (AvgIpc) is 2.79. The van der Waals surface area contributed by atoms with Crippen molar-refractivity contribution in [3.63, 3.8) is 0 Å². The van der Waals surface area contributed by atoms with Gasteiger partial charge in [-0.05, 0) is 18.2 Å². The predicted octanol–water partition coefficient (Wildman–Crippen LogP) is 2.09. The first-order valence-corrected chi connectivity index (χ1v) is 4.77. The zero-order valence-electron chi connectivity index (χ0n) is 8.83. The Morgan fingerprint density at radius 3 is 2.56 bits per heavy atom. The lowest BCUT2D eigenvalue weighted by Gasteiger charge is -2.02. The highest BCUT2D eigenvalue weighted by Crippen LogP contribution is 2.27. The van der Waals surface area contributed by atoms with Gasteiger partial charge in [0.05, 0.1) is 6.21 Å². The van der Waals surface area contributed by atoms with Crippen LogP contribution in [0.2, 0.25) is 0 Å². The van der Waals surface area contributed by atoms with E-state index in [-0.39, 0.29) is 5.82 Å². The Morgan fingerprint density at radius 2 is 2.06 bits per heavy atom. The van der Waals surface area contributed by atoms with E-state index >= 15 is 0 Å². The van der Waals surface area contributed by atoms with Crippen LogP contribution in [-0.4, -0.2) is 26.2 Å². The molecule has 0 saturated carbocycles. The van der Waals surface area contributed by atoms with Gasteiger partial charge in [-0.3, -0.25) is 0 Å². The number of rotatable bonds is 2. The van der Waals surface area contributed by atoms with Crippen LogP contribution in [0.4, 0.5) is 13.2 Å². The minimum absolute atomic E-state index is 0.237. The van der Waals surface area contributed by atoms with Crippen LogP contribution in [0, 0.1) is 0 Å². The molecule has 0 aliphatic heterocycles. The van der Waals surface area contributed by atoms with E-state index in [9.17, 15) is 13.2 Å². The van der Waals surface area contributed by atoms with Gasteiger partial charge in [-0.15, -0.1) is 0 Å². The van der Waals surface area contributed by atoms with Gasteiger partial charge < -0.3 is 5.21 Å². The molecule has 0 bridgehead atoms. The second kappa shape index (κ2) is 4.47. The van der Waals surface area contributed by atoms with E-state index in [0.717, 1.165) is 17.0 Å². The standard InChI is InChI=1S/C10H7F3N4O/c11-10(12,13)8-3-4-17(16-8)9-2-1-7(5-14-9)6-15-18/h1-6,18H. The lowest BCUT2D eigenvalue weighted by molar-refractivity contribution is -0.141. The number of pyridine rings is 1. The molecule has 0 unspecified atom stereocenters. The van der Waals surface area contributed by atoms with Crippen LogP contribution in [0.3, 0.4) is 0 Å². The maximum absolute atomic E-state index is 12.3. The first kappa shape index (κ1) is 12.1. The van der Waals surface area contributed by atoms with Gasteiger partial charge in [0, 0.05) is 18.0 Å². The van der Waals surface area contributed by atoms with E-state index in [4.69, 9.17) is 5.21 Å². The normalized spacial score (nSPS) is 12.2. The summed E-state index contributed by atoms with van der Waals surface area (Å²) in [5.41, 5.74) is -0.463. The smallest absolute Gasteiger partial charge is 0.411 e. The molecule has 5 nitrogen and oxygen atoms in total. The van der Waals surface area contributed by atoms with Gasteiger partial charge in [0.15, 0.2) is 11.5 Å². The Morgan fingerprint density at radius 1 is 1.28 bits per heavy atom. The summed E-state index contributed by atoms with van der Waals surface area (Å²) < 4.78 is 38.0. The molecule has 0 fully saturated rings. The fraction of sp³-hybridized carbons (Fsp3) is 0.100. The molecule has 0 radical (unpaired) electrons. The summed E-state index contributed by atoms with van der Waals surface area (Å²) >= 11 is 0. The number of nitrogens with zero attached hydrogens (tertiary/aromatic N) is 4. The van der Waals surface area contributed by atoms with Crippen LogP contribution in [0.15, 0.2) is 35.7 Å². The second-order valence-corrected chi connectivity index (χ2v) is 3.34. The van der Waals surface area contributed by atoms with Crippen molar-refractivity contribution in [1.82, 2.24) is 14.8 Å². The molecule has 1 N–H and O–H groups in total. The Kier molecular flexibility index (Phi) is 3.00. The number of hydrogen-bond acceptors (Lipinski definition) is 4. The zero-order valence-corrected chi connectivity index (χ0v) is 8.83. The van der Waals surface area contributed by atoms with Gasteiger partial charge >= 0.3 is 6.18 Å². The number of alkyl halides is 3. The monoisotopic (exact) mass is 256 g/mol. The third kappa shape index (κ3) is 2.47. The molecule has 94 valence electrons. The topological polar surface area (TPSA) is 63.3 Å². The van der Waals surface area contributed by atoms with Crippen molar-refractivity contribution in [2.45, 2.75) is 6.18 Å². The minimum Gasteiger partial charge on any atom is -0.411 e. The second-order valence-electron chi connectivity index (χ2n) is 3.34. The molecule has 0 spiro atoms. The van der Waals surface area contributed by atoms with E-state index in [1.54, 1.807) is 0 Å². The number of aromatic nitrogens is 3. The maximum Gasteiger partial charge on any atom is 0.435 e. The van der Waals surface area contributed by atoms with Crippen molar-refractivity contribution in [1.29, 1.82) is 0 Å². The molecule has 2 heterocycles. The zero-order chi connectivity index (χ0) is 13.2. The molecule has 0 saturated heterocycles. The third-order valence-electron chi connectivity index (χ3n) is 2.09. The van der Waals surface area contributed by atoms with Crippen LogP contribution >= 0.6 is 0 Å². The maximum atomic E-state index is 12.3. The molecular formula is C10H7F3N4O. The molecule has 0 aliphatic rings. The van der Waals surface area contributed by atoms with Crippen molar-refractivity contribution in [2.24, 2.45) is 5.16 Å². The third-order valence-corrected chi connectivity index (χ3v) is 2.09. The first-order chi connectivity index (χ1) is 8.50. The van der Waals surface area contributed by atoms with Crippen LogP contribution in [0.25, 0.3) is 5.82 Å². The average molecular weight is 256 g/mol. The Hall–Kier alpha value is -2.38. The highest BCUT2D eigenvalue weighted by atomic mass is 19.4. The molecule has 2 aromatic heterocycles. The van der Waals surface area contributed by atoms with E-state index in [1.807, 2.05) is 0 Å². The summed E-state index contributed by atoms with van der Waals surface area (Å²) in [5.74, 6) is 0.237. The Labute approximate surface area is 99.2 Å².